The molecule has 152 valence electrons. The fraction of sp³-hybridized carbons (Fsp3) is 0.591. The van der Waals surface area contributed by atoms with E-state index >= 15 is 0 Å². The monoisotopic (exact) mass is 386 g/mol. The molecule has 0 unspecified atom stereocenters. The van der Waals surface area contributed by atoms with Crippen LogP contribution in [-0.4, -0.2) is 58.3 Å². The molecule has 6 heteroatoms. The normalized spacial score (nSPS) is 27.1. The first-order chi connectivity index (χ1) is 13.5. The van der Waals surface area contributed by atoms with Gasteiger partial charge in [-0.25, -0.2) is 0 Å². The second-order valence-electron chi connectivity index (χ2n) is 7.95. The molecule has 0 spiro atoms. The number of carbonyl (C=O) groups excluding carboxylic acids is 3. The molecule has 0 aromatic heterocycles. The Kier molecular flexibility index (Phi) is 6.62. The van der Waals surface area contributed by atoms with Gasteiger partial charge in [0.1, 0.15) is 6.61 Å². The first kappa shape index (κ1) is 20.7. The van der Waals surface area contributed by atoms with Crippen LogP contribution in [0.5, 0.6) is 0 Å². The van der Waals surface area contributed by atoms with Gasteiger partial charge in [-0.2, -0.15) is 0 Å². The molecular formula is C22H30N2O4. The lowest BCUT2D eigenvalue weighted by Gasteiger charge is -2.39. The topological polar surface area (TPSA) is 86.7 Å². The molecule has 3 rings (SSSR count). The fourth-order valence-corrected chi connectivity index (χ4v) is 4.65. The van der Waals surface area contributed by atoms with Crippen molar-refractivity contribution in [3.63, 3.8) is 0 Å². The van der Waals surface area contributed by atoms with Gasteiger partial charge < -0.3 is 15.3 Å². The average molecular weight is 386 g/mol. The number of hydrogen-bond acceptors (Lipinski definition) is 5. The Morgan fingerprint density at radius 1 is 1.18 bits per heavy atom. The van der Waals surface area contributed by atoms with Crippen molar-refractivity contribution in [1.29, 1.82) is 0 Å². The summed E-state index contributed by atoms with van der Waals surface area (Å²) in [4.78, 5) is 40.8. The maximum absolute atomic E-state index is 13.3. The third-order valence-corrected chi connectivity index (χ3v) is 6.15. The maximum atomic E-state index is 13.3. The van der Waals surface area contributed by atoms with E-state index in [9.17, 15) is 19.5 Å². The fourth-order valence-electron chi connectivity index (χ4n) is 4.65. The minimum absolute atomic E-state index is 0.180. The van der Waals surface area contributed by atoms with E-state index in [-0.39, 0.29) is 30.2 Å². The van der Waals surface area contributed by atoms with E-state index < -0.39 is 17.9 Å². The summed E-state index contributed by atoms with van der Waals surface area (Å²) in [6.45, 7) is 1.93. The quantitative estimate of drug-likeness (QED) is 0.664. The van der Waals surface area contributed by atoms with Crippen molar-refractivity contribution in [3.05, 3.63) is 35.9 Å². The van der Waals surface area contributed by atoms with Gasteiger partial charge >= 0.3 is 0 Å². The molecule has 1 aromatic rings. The number of likely N-dealkylation sites (tertiary alicyclic amines) is 1. The second kappa shape index (κ2) is 8.97. The van der Waals surface area contributed by atoms with Crippen LogP contribution in [0.15, 0.2) is 30.3 Å². The molecule has 6 nitrogen and oxygen atoms in total. The van der Waals surface area contributed by atoms with Crippen LogP contribution in [0, 0.1) is 0 Å². The zero-order valence-electron chi connectivity index (χ0n) is 16.5. The molecule has 1 aromatic carbocycles. The summed E-state index contributed by atoms with van der Waals surface area (Å²) in [5, 5.41) is 12.8. The van der Waals surface area contributed by atoms with Crippen LogP contribution in [0.3, 0.4) is 0 Å². The highest BCUT2D eigenvalue weighted by Crippen LogP contribution is 2.38. The van der Waals surface area contributed by atoms with Crippen molar-refractivity contribution in [2.24, 2.45) is 0 Å². The van der Waals surface area contributed by atoms with Gasteiger partial charge in [0.15, 0.2) is 17.1 Å². The van der Waals surface area contributed by atoms with Crippen molar-refractivity contribution in [2.75, 3.05) is 13.2 Å². The van der Waals surface area contributed by atoms with Crippen molar-refractivity contribution in [2.45, 2.75) is 69.5 Å². The minimum Gasteiger partial charge on any atom is -0.388 e. The Bertz CT molecular complexity index is 715. The van der Waals surface area contributed by atoms with Gasteiger partial charge in [-0.05, 0) is 57.6 Å². The van der Waals surface area contributed by atoms with Gasteiger partial charge in [0.25, 0.3) is 0 Å². The zero-order chi connectivity index (χ0) is 20.1. The smallest absolute Gasteiger partial charge is 0.241 e. The molecule has 28 heavy (non-hydrogen) atoms. The summed E-state index contributed by atoms with van der Waals surface area (Å²) in [5.41, 5.74) is -0.368. The van der Waals surface area contributed by atoms with E-state index in [1.807, 2.05) is 37.3 Å². The Morgan fingerprint density at radius 3 is 2.57 bits per heavy atom. The van der Waals surface area contributed by atoms with E-state index in [2.05, 4.69) is 5.32 Å². The minimum atomic E-state index is -1.51. The van der Waals surface area contributed by atoms with Crippen LogP contribution in [-0.2, 0) is 20.8 Å². The van der Waals surface area contributed by atoms with Gasteiger partial charge in [-0.1, -0.05) is 30.3 Å². The molecule has 0 bridgehead atoms. The summed E-state index contributed by atoms with van der Waals surface area (Å²) >= 11 is 0. The third-order valence-electron chi connectivity index (χ3n) is 6.15. The largest absolute Gasteiger partial charge is 0.388 e. The lowest BCUT2D eigenvalue weighted by Crippen LogP contribution is -2.63. The van der Waals surface area contributed by atoms with E-state index in [1.165, 1.54) is 4.90 Å². The first-order valence-corrected chi connectivity index (χ1v) is 10.3. The summed E-state index contributed by atoms with van der Waals surface area (Å²) < 4.78 is 0. The van der Waals surface area contributed by atoms with Gasteiger partial charge in [-0.3, -0.25) is 14.4 Å². The van der Waals surface area contributed by atoms with Crippen molar-refractivity contribution in [1.82, 2.24) is 10.2 Å². The Labute approximate surface area is 166 Å². The molecule has 2 heterocycles. The molecule has 0 saturated carbocycles. The number of rotatable bonds is 8. The number of Topliss-reactive ketones (excluding diaryl/α,β-unsaturated/α-hetero) is 2. The summed E-state index contributed by atoms with van der Waals surface area (Å²) in [7, 11) is 0. The summed E-state index contributed by atoms with van der Waals surface area (Å²) in [6.07, 6.45) is 4.09. The van der Waals surface area contributed by atoms with Crippen molar-refractivity contribution in [3.8, 4) is 0 Å². The van der Waals surface area contributed by atoms with Crippen molar-refractivity contribution < 1.29 is 19.5 Å². The SMILES string of the molecule is C[C@H]1CC[C@@](C(=O)CO)(C(=O)CCCc2ccccc2)N1C(=O)[C@@H]1CCCN1. The molecule has 2 aliphatic heterocycles. The number of aryl methyl sites for hydroxylation is 1. The highest BCUT2D eigenvalue weighted by molar-refractivity contribution is 6.15. The first-order valence-electron chi connectivity index (χ1n) is 10.3. The second-order valence-corrected chi connectivity index (χ2v) is 7.95. The molecule has 3 atom stereocenters. The summed E-state index contributed by atoms with van der Waals surface area (Å²) in [5.74, 6) is -0.966. The zero-order valence-corrected chi connectivity index (χ0v) is 16.5. The molecule has 0 aliphatic carbocycles. The van der Waals surface area contributed by atoms with Crippen LogP contribution in [0.25, 0.3) is 0 Å². The van der Waals surface area contributed by atoms with Gasteiger partial charge in [-0.15, -0.1) is 0 Å². The van der Waals surface area contributed by atoms with Crippen molar-refractivity contribution >= 4 is 17.5 Å². The van der Waals surface area contributed by atoms with Gasteiger partial charge in [0.2, 0.25) is 5.91 Å². The maximum Gasteiger partial charge on any atom is 0.241 e. The Balaban J connectivity index is 1.78. The lowest BCUT2D eigenvalue weighted by molar-refractivity contribution is -0.155. The molecule has 2 saturated heterocycles. The summed E-state index contributed by atoms with van der Waals surface area (Å²) in [6, 6.07) is 9.36. The van der Waals surface area contributed by atoms with E-state index in [4.69, 9.17) is 0 Å². The lowest BCUT2D eigenvalue weighted by atomic mass is 9.83. The number of amides is 1. The van der Waals surface area contributed by atoms with Gasteiger partial charge in [0.05, 0.1) is 6.04 Å². The Morgan fingerprint density at radius 2 is 1.93 bits per heavy atom. The number of carbonyl (C=O) groups is 3. The number of benzene rings is 1. The predicted molar refractivity (Wildman–Crippen MR) is 106 cm³/mol. The van der Waals surface area contributed by atoms with Crippen LogP contribution in [0.1, 0.15) is 51.0 Å². The standard InChI is InChI=1S/C22H30N2O4/c1-16-12-13-22(20(27)15-25,24(16)21(28)18-10-6-14-23-18)19(26)11-5-9-17-7-3-2-4-8-17/h2-4,7-8,16,18,23,25H,5-6,9-15H2,1H3/t16-,18-,22-/m0/s1. The highest BCUT2D eigenvalue weighted by atomic mass is 16.3. The van der Waals surface area contributed by atoms with Gasteiger partial charge in [0, 0.05) is 12.5 Å². The predicted octanol–water partition coefficient (Wildman–Crippen LogP) is 1.64. The third kappa shape index (κ3) is 3.89. The number of nitrogens with zero attached hydrogens (tertiary/aromatic N) is 1. The molecule has 2 aliphatic rings. The number of aliphatic hydroxyl groups excluding tert-OH is 1. The number of ketones is 2. The molecule has 2 N–H and O–H groups in total. The average Bonchev–Trinajstić information content (AvgIpc) is 3.36. The highest BCUT2D eigenvalue weighted by Gasteiger charge is 2.57. The molecule has 2 fully saturated rings. The van der Waals surface area contributed by atoms with E-state index in [1.54, 1.807) is 0 Å². The molecular weight excluding hydrogens is 356 g/mol. The van der Waals surface area contributed by atoms with Crippen LogP contribution in [0.4, 0.5) is 0 Å². The van der Waals surface area contributed by atoms with E-state index in [0.717, 1.165) is 24.9 Å². The number of nitrogens with one attached hydrogen (secondary N) is 1. The number of hydrogen-bond donors (Lipinski definition) is 2. The number of aliphatic hydroxyl groups is 1. The Hall–Kier alpha value is -2.05. The molecule has 1 amide bonds. The van der Waals surface area contributed by atoms with Crippen LogP contribution in [0.2, 0.25) is 0 Å². The van der Waals surface area contributed by atoms with Crippen LogP contribution < -0.4 is 5.32 Å². The van der Waals surface area contributed by atoms with E-state index in [0.29, 0.717) is 25.7 Å². The van der Waals surface area contributed by atoms with Crippen LogP contribution >= 0.6 is 0 Å². The molecule has 0 radical (unpaired) electrons.